The van der Waals surface area contributed by atoms with Crippen LogP contribution in [0.1, 0.15) is 34.8 Å². The van der Waals surface area contributed by atoms with E-state index in [1.807, 2.05) is 6.92 Å². The second-order valence-corrected chi connectivity index (χ2v) is 7.02. The molecule has 0 radical (unpaired) electrons. The number of imidazole rings is 1. The molecule has 8 heteroatoms. The van der Waals surface area contributed by atoms with Gasteiger partial charge in [-0.2, -0.15) is 0 Å². The van der Waals surface area contributed by atoms with E-state index in [9.17, 15) is 9.59 Å². The van der Waals surface area contributed by atoms with Crippen molar-refractivity contribution in [2.75, 3.05) is 6.54 Å². The van der Waals surface area contributed by atoms with Crippen molar-refractivity contribution in [1.82, 2.24) is 25.9 Å². The summed E-state index contributed by atoms with van der Waals surface area (Å²) in [5, 5.41) is 10.5. The number of hydrogen-bond donors (Lipinski definition) is 4. The van der Waals surface area contributed by atoms with Crippen LogP contribution in [-0.2, 0) is 11.2 Å². The first-order chi connectivity index (χ1) is 12.0. The molecule has 0 aliphatic carbocycles. The summed E-state index contributed by atoms with van der Waals surface area (Å²) in [6.07, 6.45) is 2.34. The summed E-state index contributed by atoms with van der Waals surface area (Å²) >= 11 is 1.69. The highest BCUT2D eigenvalue weighted by Crippen LogP contribution is 2.27. The average molecular weight is 359 g/mol. The lowest BCUT2D eigenvalue weighted by molar-refractivity contribution is -0.117. The molecule has 0 bridgehead atoms. The van der Waals surface area contributed by atoms with Gasteiger partial charge in [-0.3, -0.25) is 4.79 Å². The molecule has 132 valence electrons. The molecular formula is C17H21N5O2S. The van der Waals surface area contributed by atoms with E-state index in [4.69, 9.17) is 0 Å². The van der Waals surface area contributed by atoms with Crippen molar-refractivity contribution in [1.29, 1.82) is 0 Å². The van der Waals surface area contributed by atoms with E-state index in [2.05, 4.69) is 44.3 Å². The Hall–Kier alpha value is -2.61. The number of thiophene rings is 1. The standard InChI is InChI=1S/C17H21N5O2S/c1-9-5-7-25-12(9)4-6-18-16(23)13-10(2)21-17(24)22-15(13)14-11(3)19-8-20-14/h5,7-8,15H,4,6H2,1-3H3,(H,18,23)(H,19,20)(H2,21,22,24)/t15-/m1/s1. The number of aryl methyl sites for hydroxylation is 2. The number of allylic oxidation sites excluding steroid dienone is 1. The van der Waals surface area contributed by atoms with Gasteiger partial charge in [-0.15, -0.1) is 11.3 Å². The van der Waals surface area contributed by atoms with Crippen molar-refractivity contribution in [2.45, 2.75) is 33.2 Å². The Morgan fingerprint density at radius 3 is 2.80 bits per heavy atom. The minimum atomic E-state index is -0.566. The number of nitrogens with zero attached hydrogens (tertiary/aromatic N) is 1. The lowest BCUT2D eigenvalue weighted by Crippen LogP contribution is -2.47. The minimum absolute atomic E-state index is 0.202. The number of amides is 3. The molecular weight excluding hydrogens is 338 g/mol. The quantitative estimate of drug-likeness (QED) is 0.658. The zero-order valence-corrected chi connectivity index (χ0v) is 15.2. The van der Waals surface area contributed by atoms with Crippen molar-refractivity contribution in [3.05, 3.63) is 50.9 Å². The van der Waals surface area contributed by atoms with Crippen LogP contribution in [0.5, 0.6) is 0 Å². The first-order valence-electron chi connectivity index (χ1n) is 8.06. The Morgan fingerprint density at radius 1 is 1.36 bits per heavy atom. The van der Waals surface area contributed by atoms with Crippen molar-refractivity contribution in [2.24, 2.45) is 0 Å². The van der Waals surface area contributed by atoms with E-state index in [0.717, 1.165) is 12.1 Å². The van der Waals surface area contributed by atoms with Crippen molar-refractivity contribution in [3.8, 4) is 0 Å². The first kappa shape index (κ1) is 17.2. The number of urea groups is 1. The maximum absolute atomic E-state index is 12.8. The first-order valence-corrected chi connectivity index (χ1v) is 8.94. The molecule has 1 aliphatic heterocycles. The molecule has 2 aromatic heterocycles. The second-order valence-electron chi connectivity index (χ2n) is 6.02. The Balaban J connectivity index is 1.76. The summed E-state index contributed by atoms with van der Waals surface area (Å²) in [7, 11) is 0. The fourth-order valence-electron chi connectivity index (χ4n) is 2.91. The minimum Gasteiger partial charge on any atom is -0.352 e. The molecule has 3 amide bonds. The SMILES string of the molecule is CC1=C(C(=O)NCCc2sccc2C)[C@H](c2nc[nH]c2C)NC(=O)N1. The van der Waals surface area contributed by atoms with Gasteiger partial charge in [0.25, 0.3) is 5.91 Å². The molecule has 0 saturated heterocycles. The normalized spacial score (nSPS) is 17.2. The molecule has 3 rings (SSSR count). The smallest absolute Gasteiger partial charge is 0.319 e. The highest BCUT2D eigenvalue weighted by atomic mass is 32.1. The average Bonchev–Trinajstić information content (AvgIpc) is 3.15. The molecule has 0 unspecified atom stereocenters. The van der Waals surface area contributed by atoms with Crippen molar-refractivity contribution < 1.29 is 9.59 Å². The number of nitrogens with one attached hydrogen (secondary N) is 4. The Labute approximate surface area is 149 Å². The Morgan fingerprint density at radius 2 is 2.16 bits per heavy atom. The van der Waals surface area contributed by atoms with E-state index in [1.54, 1.807) is 24.6 Å². The van der Waals surface area contributed by atoms with E-state index in [-0.39, 0.29) is 11.9 Å². The van der Waals surface area contributed by atoms with Crippen LogP contribution in [0.3, 0.4) is 0 Å². The lowest BCUT2D eigenvalue weighted by Gasteiger charge is -2.27. The second kappa shape index (κ2) is 7.10. The van der Waals surface area contributed by atoms with Crippen LogP contribution in [-0.4, -0.2) is 28.5 Å². The van der Waals surface area contributed by atoms with Crippen molar-refractivity contribution >= 4 is 23.3 Å². The van der Waals surface area contributed by atoms with E-state index in [0.29, 0.717) is 23.5 Å². The van der Waals surface area contributed by atoms with E-state index in [1.165, 1.54) is 10.4 Å². The van der Waals surface area contributed by atoms with Crippen LogP contribution in [0.15, 0.2) is 29.0 Å². The van der Waals surface area contributed by atoms with Crippen molar-refractivity contribution in [3.63, 3.8) is 0 Å². The number of carbonyl (C=O) groups excluding carboxylic acids is 2. The van der Waals surface area contributed by atoms with E-state index >= 15 is 0 Å². The van der Waals surface area contributed by atoms with E-state index < -0.39 is 6.04 Å². The number of hydrogen-bond acceptors (Lipinski definition) is 4. The number of aromatic nitrogens is 2. The molecule has 0 saturated carbocycles. The van der Waals surface area contributed by atoms with Crippen LogP contribution < -0.4 is 16.0 Å². The maximum atomic E-state index is 12.8. The summed E-state index contributed by atoms with van der Waals surface area (Å²) in [5.41, 5.74) is 3.73. The molecule has 1 atom stereocenters. The number of H-pyrrole nitrogens is 1. The molecule has 2 aromatic rings. The topological polar surface area (TPSA) is 98.9 Å². The highest BCUT2D eigenvalue weighted by molar-refractivity contribution is 7.10. The van der Waals surface area contributed by atoms with Gasteiger partial charge in [0, 0.05) is 22.8 Å². The summed E-state index contributed by atoms with van der Waals surface area (Å²) < 4.78 is 0. The van der Waals surface area contributed by atoms with Gasteiger partial charge in [-0.1, -0.05) is 0 Å². The number of carbonyl (C=O) groups is 2. The molecule has 7 nitrogen and oxygen atoms in total. The fraction of sp³-hybridized carbons (Fsp3) is 0.353. The number of aromatic amines is 1. The van der Waals surface area contributed by atoms with Crippen LogP contribution in [0.2, 0.25) is 0 Å². The third-order valence-electron chi connectivity index (χ3n) is 4.26. The monoisotopic (exact) mass is 359 g/mol. The van der Waals surface area contributed by atoms with Gasteiger partial charge < -0.3 is 20.9 Å². The lowest BCUT2D eigenvalue weighted by atomic mass is 9.98. The molecule has 0 fully saturated rings. The summed E-state index contributed by atoms with van der Waals surface area (Å²) in [6.45, 7) is 6.20. The third-order valence-corrected chi connectivity index (χ3v) is 5.34. The van der Waals surface area contributed by atoms with Crippen LogP contribution in [0, 0.1) is 13.8 Å². The summed E-state index contributed by atoms with van der Waals surface area (Å²) in [4.78, 5) is 33.1. The molecule has 25 heavy (non-hydrogen) atoms. The van der Waals surface area contributed by atoms with Crippen LogP contribution in [0.25, 0.3) is 0 Å². The summed E-state index contributed by atoms with van der Waals surface area (Å²) in [6, 6.07) is 1.17. The fourth-order valence-corrected chi connectivity index (χ4v) is 3.82. The molecule has 1 aliphatic rings. The van der Waals surface area contributed by atoms with Gasteiger partial charge in [0.2, 0.25) is 0 Å². The Kier molecular flexibility index (Phi) is 4.89. The van der Waals surface area contributed by atoms with Gasteiger partial charge in [0.1, 0.15) is 6.04 Å². The van der Waals surface area contributed by atoms with Crippen LogP contribution >= 0.6 is 11.3 Å². The summed E-state index contributed by atoms with van der Waals surface area (Å²) in [5.74, 6) is -0.202. The Bertz CT molecular complexity index is 836. The number of rotatable bonds is 5. The third kappa shape index (κ3) is 3.58. The van der Waals surface area contributed by atoms with Gasteiger partial charge in [-0.05, 0) is 44.2 Å². The zero-order valence-electron chi connectivity index (χ0n) is 14.4. The van der Waals surface area contributed by atoms with Gasteiger partial charge in [0.05, 0.1) is 17.6 Å². The molecule has 0 spiro atoms. The largest absolute Gasteiger partial charge is 0.352 e. The maximum Gasteiger partial charge on any atom is 0.319 e. The van der Waals surface area contributed by atoms with Gasteiger partial charge in [-0.25, -0.2) is 9.78 Å². The molecule has 3 heterocycles. The zero-order chi connectivity index (χ0) is 18.0. The highest BCUT2D eigenvalue weighted by Gasteiger charge is 2.33. The van der Waals surface area contributed by atoms with Gasteiger partial charge >= 0.3 is 6.03 Å². The van der Waals surface area contributed by atoms with Gasteiger partial charge in [0.15, 0.2) is 0 Å². The molecule has 4 N–H and O–H groups in total. The predicted molar refractivity (Wildman–Crippen MR) is 96.2 cm³/mol. The predicted octanol–water partition coefficient (Wildman–Crippen LogP) is 2.07. The molecule has 0 aromatic carbocycles. The van der Waals surface area contributed by atoms with Crippen LogP contribution in [0.4, 0.5) is 4.79 Å².